The first-order chi connectivity index (χ1) is 8.38. The second-order valence-electron chi connectivity index (χ2n) is 5.44. The average Bonchev–Trinajstić information content (AvgIpc) is 3.01. The van der Waals surface area contributed by atoms with E-state index in [0.29, 0.717) is 4.90 Å². The highest BCUT2D eigenvalue weighted by molar-refractivity contribution is 7.90. The Morgan fingerprint density at radius 3 is 2.33 bits per heavy atom. The molecule has 0 bridgehead atoms. The van der Waals surface area contributed by atoms with Gasteiger partial charge in [-0.05, 0) is 49.4 Å². The van der Waals surface area contributed by atoms with E-state index >= 15 is 0 Å². The van der Waals surface area contributed by atoms with Crippen LogP contribution >= 0.6 is 0 Å². The summed E-state index contributed by atoms with van der Waals surface area (Å²) < 4.78 is 22.7. The molecule has 100 valence electrons. The monoisotopic (exact) mass is 267 g/mol. The number of rotatable bonds is 5. The Morgan fingerprint density at radius 2 is 1.89 bits per heavy atom. The molecule has 1 saturated carbocycles. The summed E-state index contributed by atoms with van der Waals surface area (Å²) in [4.78, 5) is 0.384. The zero-order valence-electron chi connectivity index (χ0n) is 11.2. The first kappa shape index (κ1) is 13.6. The zero-order chi connectivity index (χ0) is 13.3. The van der Waals surface area contributed by atoms with Crippen LogP contribution in [-0.4, -0.2) is 21.2 Å². The van der Waals surface area contributed by atoms with Crippen molar-refractivity contribution in [2.75, 3.05) is 12.8 Å². The summed E-state index contributed by atoms with van der Waals surface area (Å²) in [7, 11) is -3.09. The number of nitrogens with one attached hydrogen (secondary N) is 1. The van der Waals surface area contributed by atoms with Gasteiger partial charge in [0.25, 0.3) is 0 Å². The van der Waals surface area contributed by atoms with Crippen LogP contribution in [0.2, 0.25) is 0 Å². The summed E-state index contributed by atoms with van der Waals surface area (Å²) in [5.41, 5.74) is 1.13. The van der Waals surface area contributed by atoms with E-state index in [0.717, 1.165) is 23.9 Å². The summed E-state index contributed by atoms with van der Waals surface area (Å²) in [6.07, 6.45) is 2.56. The fourth-order valence-electron chi connectivity index (χ4n) is 2.13. The van der Waals surface area contributed by atoms with Crippen molar-refractivity contribution >= 4 is 9.84 Å². The minimum Gasteiger partial charge on any atom is -0.310 e. The molecule has 0 heterocycles. The summed E-state index contributed by atoms with van der Waals surface area (Å²) in [6, 6.07) is 7.42. The minimum atomic E-state index is -3.09. The van der Waals surface area contributed by atoms with Gasteiger partial charge in [0, 0.05) is 12.3 Å². The van der Waals surface area contributed by atoms with E-state index in [9.17, 15) is 8.42 Å². The molecule has 0 saturated heterocycles. The molecule has 0 radical (unpaired) electrons. The van der Waals surface area contributed by atoms with Gasteiger partial charge in [0.2, 0.25) is 0 Å². The highest BCUT2D eigenvalue weighted by atomic mass is 32.2. The normalized spacial score (nSPS) is 24.8. The molecule has 3 nitrogen and oxygen atoms in total. The Bertz CT molecular complexity index is 507. The van der Waals surface area contributed by atoms with Crippen LogP contribution < -0.4 is 5.32 Å². The lowest BCUT2D eigenvalue weighted by Crippen LogP contribution is -2.21. The van der Waals surface area contributed by atoms with Crippen molar-refractivity contribution < 1.29 is 8.42 Å². The van der Waals surface area contributed by atoms with E-state index in [1.807, 2.05) is 12.1 Å². The maximum atomic E-state index is 11.4. The fourth-order valence-corrected chi connectivity index (χ4v) is 2.76. The van der Waals surface area contributed by atoms with E-state index in [2.05, 4.69) is 19.2 Å². The van der Waals surface area contributed by atoms with Gasteiger partial charge in [0.1, 0.15) is 0 Å². The van der Waals surface area contributed by atoms with Crippen molar-refractivity contribution in [2.45, 2.75) is 31.2 Å². The summed E-state index contributed by atoms with van der Waals surface area (Å²) >= 11 is 0. The molecule has 3 atom stereocenters. The molecular weight excluding hydrogens is 246 g/mol. The second kappa shape index (κ2) is 5.02. The number of hydrogen-bond acceptors (Lipinski definition) is 3. The zero-order valence-corrected chi connectivity index (χ0v) is 12.0. The molecule has 1 aromatic rings. The maximum absolute atomic E-state index is 11.4. The molecule has 1 fully saturated rings. The van der Waals surface area contributed by atoms with Gasteiger partial charge in [-0.2, -0.15) is 0 Å². The molecule has 18 heavy (non-hydrogen) atoms. The molecule has 0 aliphatic heterocycles. The van der Waals surface area contributed by atoms with Crippen LogP contribution in [0.5, 0.6) is 0 Å². The number of benzene rings is 1. The van der Waals surface area contributed by atoms with Gasteiger partial charge < -0.3 is 5.32 Å². The Labute approximate surface area is 110 Å². The van der Waals surface area contributed by atoms with Crippen LogP contribution in [0.1, 0.15) is 31.9 Å². The molecule has 0 spiro atoms. The van der Waals surface area contributed by atoms with E-state index < -0.39 is 9.84 Å². The summed E-state index contributed by atoms with van der Waals surface area (Å²) in [5.74, 6) is 1.68. The number of hydrogen-bond donors (Lipinski definition) is 1. The Kier molecular flexibility index (Phi) is 3.78. The molecule has 1 aliphatic rings. The van der Waals surface area contributed by atoms with Crippen molar-refractivity contribution in [3.8, 4) is 0 Å². The minimum absolute atomic E-state index is 0.270. The van der Waals surface area contributed by atoms with Gasteiger partial charge in [0.05, 0.1) is 4.90 Å². The van der Waals surface area contributed by atoms with E-state index in [1.54, 1.807) is 12.1 Å². The van der Waals surface area contributed by atoms with Crippen molar-refractivity contribution in [3.63, 3.8) is 0 Å². The SMILES string of the molecule is CC(NCC1CC1C)c1ccc(S(C)(=O)=O)cc1. The Morgan fingerprint density at radius 1 is 1.33 bits per heavy atom. The molecule has 1 aromatic carbocycles. The maximum Gasteiger partial charge on any atom is 0.175 e. The largest absolute Gasteiger partial charge is 0.310 e. The molecular formula is C14H21NO2S. The van der Waals surface area contributed by atoms with E-state index in [-0.39, 0.29) is 6.04 Å². The molecule has 4 heteroatoms. The number of sulfone groups is 1. The van der Waals surface area contributed by atoms with Crippen LogP contribution in [0.15, 0.2) is 29.2 Å². The summed E-state index contributed by atoms with van der Waals surface area (Å²) in [6.45, 7) is 5.44. The van der Waals surface area contributed by atoms with Crippen molar-refractivity contribution in [1.29, 1.82) is 0 Å². The third-order valence-corrected chi connectivity index (χ3v) is 4.90. The van der Waals surface area contributed by atoms with Crippen molar-refractivity contribution in [1.82, 2.24) is 5.32 Å². The van der Waals surface area contributed by atoms with Gasteiger partial charge in [-0.15, -0.1) is 0 Å². The van der Waals surface area contributed by atoms with Crippen LogP contribution in [0.3, 0.4) is 0 Å². The molecule has 2 rings (SSSR count). The standard InChI is InChI=1S/C14H21NO2S/c1-10-8-13(10)9-15-11(2)12-4-6-14(7-5-12)18(3,16)17/h4-7,10-11,13,15H,8-9H2,1-3H3. The summed E-state index contributed by atoms with van der Waals surface area (Å²) in [5, 5.41) is 3.50. The predicted molar refractivity (Wildman–Crippen MR) is 73.2 cm³/mol. The van der Waals surface area contributed by atoms with Gasteiger partial charge >= 0.3 is 0 Å². The second-order valence-corrected chi connectivity index (χ2v) is 7.46. The highest BCUT2D eigenvalue weighted by Gasteiger charge is 2.32. The van der Waals surface area contributed by atoms with Crippen LogP contribution in [0.25, 0.3) is 0 Å². The third kappa shape index (κ3) is 3.33. The average molecular weight is 267 g/mol. The van der Waals surface area contributed by atoms with Crippen molar-refractivity contribution in [3.05, 3.63) is 29.8 Å². The lowest BCUT2D eigenvalue weighted by atomic mass is 10.1. The van der Waals surface area contributed by atoms with Crippen LogP contribution in [0.4, 0.5) is 0 Å². The van der Waals surface area contributed by atoms with Crippen molar-refractivity contribution in [2.24, 2.45) is 11.8 Å². The molecule has 3 unspecified atom stereocenters. The van der Waals surface area contributed by atoms with Crippen LogP contribution in [-0.2, 0) is 9.84 Å². The predicted octanol–water partition coefficient (Wildman–Crippen LogP) is 2.40. The van der Waals surface area contributed by atoms with Crippen LogP contribution in [0, 0.1) is 11.8 Å². The molecule has 1 aliphatic carbocycles. The lowest BCUT2D eigenvalue weighted by molar-refractivity contribution is 0.535. The quantitative estimate of drug-likeness (QED) is 0.891. The topological polar surface area (TPSA) is 46.2 Å². The Hall–Kier alpha value is -0.870. The third-order valence-electron chi connectivity index (χ3n) is 3.77. The van der Waals surface area contributed by atoms with Gasteiger partial charge in [-0.3, -0.25) is 0 Å². The van der Waals surface area contributed by atoms with E-state index in [4.69, 9.17) is 0 Å². The first-order valence-corrected chi connectivity index (χ1v) is 8.30. The molecule has 0 aromatic heterocycles. The first-order valence-electron chi connectivity index (χ1n) is 6.41. The van der Waals surface area contributed by atoms with E-state index in [1.165, 1.54) is 12.7 Å². The van der Waals surface area contributed by atoms with Gasteiger partial charge in [-0.25, -0.2) is 8.42 Å². The smallest absolute Gasteiger partial charge is 0.175 e. The van der Waals surface area contributed by atoms with Gasteiger partial charge in [-0.1, -0.05) is 19.1 Å². The highest BCUT2D eigenvalue weighted by Crippen LogP contribution is 2.37. The van der Waals surface area contributed by atoms with Gasteiger partial charge in [0.15, 0.2) is 9.84 Å². The lowest BCUT2D eigenvalue weighted by Gasteiger charge is -2.14. The molecule has 1 N–H and O–H groups in total. The fraction of sp³-hybridized carbons (Fsp3) is 0.571. The Balaban J connectivity index is 1.96. The molecule has 0 amide bonds.